The normalized spacial score (nSPS) is 10.9. The molecule has 0 aliphatic rings. The Kier molecular flexibility index (Phi) is 4.26. The first-order valence-electron chi connectivity index (χ1n) is 5.41. The van der Waals surface area contributed by atoms with E-state index < -0.39 is 11.6 Å². The van der Waals surface area contributed by atoms with Gasteiger partial charge in [-0.05, 0) is 26.0 Å². The SMILES string of the molecule is CC(C)(Oc1ccccc1)C(=O)CCC(=O)O. The molecule has 0 saturated carbocycles. The van der Waals surface area contributed by atoms with E-state index >= 15 is 0 Å². The summed E-state index contributed by atoms with van der Waals surface area (Å²) in [5, 5.41) is 8.52. The Bertz CT molecular complexity index is 395. The van der Waals surface area contributed by atoms with Crippen molar-refractivity contribution >= 4 is 11.8 Å². The molecule has 4 heteroatoms. The summed E-state index contributed by atoms with van der Waals surface area (Å²) >= 11 is 0. The van der Waals surface area contributed by atoms with Gasteiger partial charge in [0, 0.05) is 6.42 Å². The van der Waals surface area contributed by atoms with E-state index in [4.69, 9.17) is 9.84 Å². The lowest BCUT2D eigenvalue weighted by molar-refractivity contribution is -0.140. The molecule has 0 unspecified atom stereocenters. The van der Waals surface area contributed by atoms with E-state index in [0.29, 0.717) is 5.75 Å². The number of para-hydroxylation sites is 1. The smallest absolute Gasteiger partial charge is 0.303 e. The number of carboxylic acids is 1. The second-order valence-corrected chi connectivity index (χ2v) is 4.24. The zero-order valence-electron chi connectivity index (χ0n) is 9.97. The number of Topliss-reactive ketones (excluding diaryl/α,β-unsaturated/α-hetero) is 1. The summed E-state index contributed by atoms with van der Waals surface area (Å²) in [6.07, 6.45) is -0.185. The number of aliphatic carboxylic acids is 1. The van der Waals surface area contributed by atoms with E-state index in [1.54, 1.807) is 26.0 Å². The van der Waals surface area contributed by atoms with Crippen LogP contribution in [0.15, 0.2) is 30.3 Å². The highest BCUT2D eigenvalue weighted by Crippen LogP contribution is 2.20. The highest BCUT2D eigenvalue weighted by molar-refractivity contribution is 5.89. The monoisotopic (exact) mass is 236 g/mol. The van der Waals surface area contributed by atoms with Gasteiger partial charge in [0.25, 0.3) is 0 Å². The van der Waals surface area contributed by atoms with Crippen molar-refractivity contribution in [2.24, 2.45) is 0 Å². The molecule has 1 N–H and O–H groups in total. The van der Waals surface area contributed by atoms with Gasteiger partial charge in [-0.3, -0.25) is 9.59 Å². The molecule has 0 spiro atoms. The number of rotatable bonds is 6. The number of benzene rings is 1. The van der Waals surface area contributed by atoms with Crippen molar-refractivity contribution in [3.63, 3.8) is 0 Å². The van der Waals surface area contributed by atoms with Crippen molar-refractivity contribution in [2.75, 3.05) is 0 Å². The van der Waals surface area contributed by atoms with E-state index in [-0.39, 0.29) is 18.6 Å². The van der Waals surface area contributed by atoms with Gasteiger partial charge in [0.05, 0.1) is 6.42 Å². The summed E-state index contributed by atoms with van der Waals surface area (Å²) in [6.45, 7) is 3.29. The van der Waals surface area contributed by atoms with Gasteiger partial charge in [0.1, 0.15) is 5.75 Å². The Morgan fingerprint density at radius 3 is 2.29 bits per heavy atom. The molecular weight excluding hydrogens is 220 g/mol. The zero-order chi connectivity index (χ0) is 12.9. The fourth-order valence-corrected chi connectivity index (χ4v) is 1.36. The third kappa shape index (κ3) is 4.26. The molecule has 0 radical (unpaired) electrons. The van der Waals surface area contributed by atoms with Crippen LogP contribution in [-0.4, -0.2) is 22.5 Å². The summed E-state index contributed by atoms with van der Waals surface area (Å²) in [4.78, 5) is 22.2. The first kappa shape index (κ1) is 13.2. The van der Waals surface area contributed by atoms with Gasteiger partial charge in [-0.15, -0.1) is 0 Å². The molecule has 17 heavy (non-hydrogen) atoms. The predicted molar refractivity (Wildman–Crippen MR) is 63.0 cm³/mol. The number of hydrogen-bond acceptors (Lipinski definition) is 3. The van der Waals surface area contributed by atoms with Crippen molar-refractivity contribution in [3.8, 4) is 5.75 Å². The fourth-order valence-electron chi connectivity index (χ4n) is 1.36. The first-order chi connectivity index (χ1) is 7.92. The molecule has 1 aromatic rings. The highest BCUT2D eigenvalue weighted by Gasteiger charge is 2.29. The van der Waals surface area contributed by atoms with Crippen molar-refractivity contribution in [3.05, 3.63) is 30.3 Å². The molecule has 0 aromatic heterocycles. The predicted octanol–water partition coefficient (Wildman–Crippen LogP) is 2.28. The maximum absolute atomic E-state index is 11.8. The third-order valence-corrected chi connectivity index (χ3v) is 2.35. The van der Waals surface area contributed by atoms with Gasteiger partial charge in [-0.2, -0.15) is 0 Å². The molecular formula is C13H16O4. The standard InChI is InChI=1S/C13H16O4/c1-13(2,11(14)8-9-12(15)16)17-10-6-4-3-5-7-10/h3-7H,8-9H2,1-2H3,(H,15,16). The number of carbonyl (C=O) groups is 2. The number of carbonyl (C=O) groups excluding carboxylic acids is 1. The summed E-state index contributed by atoms with van der Waals surface area (Å²) in [5.41, 5.74) is -1.00. The van der Waals surface area contributed by atoms with Crippen molar-refractivity contribution in [1.29, 1.82) is 0 Å². The second kappa shape index (κ2) is 5.48. The Morgan fingerprint density at radius 1 is 1.18 bits per heavy atom. The van der Waals surface area contributed by atoms with Crippen LogP contribution < -0.4 is 4.74 Å². The maximum atomic E-state index is 11.8. The summed E-state index contributed by atoms with van der Waals surface area (Å²) in [5.74, 6) is -0.598. The van der Waals surface area contributed by atoms with E-state index in [9.17, 15) is 9.59 Å². The number of ketones is 1. The fraction of sp³-hybridized carbons (Fsp3) is 0.385. The van der Waals surface area contributed by atoms with Crippen LogP contribution in [0.2, 0.25) is 0 Å². The van der Waals surface area contributed by atoms with Crippen molar-refractivity contribution in [1.82, 2.24) is 0 Å². The van der Waals surface area contributed by atoms with Crippen LogP contribution in [0.4, 0.5) is 0 Å². The van der Waals surface area contributed by atoms with Crippen LogP contribution in [0.1, 0.15) is 26.7 Å². The van der Waals surface area contributed by atoms with E-state index in [2.05, 4.69) is 0 Å². The molecule has 1 aromatic carbocycles. The van der Waals surface area contributed by atoms with Crippen LogP contribution in [0.5, 0.6) is 5.75 Å². The Labute approximate surface area is 100 Å². The average molecular weight is 236 g/mol. The molecule has 0 bridgehead atoms. The topological polar surface area (TPSA) is 63.6 Å². The van der Waals surface area contributed by atoms with Crippen LogP contribution >= 0.6 is 0 Å². The van der Waals surface area contributed by atoms with E-state index in [1.807, 2.05) is 18.2 Å². The molecule has 0 fully saturated rings. The van der Waals surface area contributed by atoms with Gasteiger partial charge in [0.15, 0.2) is 11.4 Å². The molecule has 92 valence electrons. The second-order valence-electron chi connectivity index (χ2n) is 4.24. The minimum atomic E-state index is -1.00. The van der Waals surface area contributed by atoms with E-state index in [0.717, 1.165) is 0 Å². The third-order valence-electron chi connectivity index (χ3n) is 2.35. The first-order valence-corrected chi connectivity index (χ1v) is 5.41. The quantitative estimate of drug-likeness (QED) is 0.823. The van der Waals surface area contributed by atoms with Gasteiger partial charge >= 0.3 is 5.97 Å². The summed E-state index contributed by atoms with van der Waals surface area (Å²) < 4.78 is 5.55. The van der Waals surface area contributed by atoms with Crippen LogP contribution in [0.25, 0.3) is 0 Å². The lowest BCUT2D eigenvalue weighted by Gasteiger charge is -2.24. The number of carboxylic acid groups (broad SMARTS) is 1. The minimum Gasteiger partial charge on any atom is -0.481 e. The Hall–Kier alpha value is -1.84. The molecule has 0 atom stereocenters. The molecule has 1 rings (SSSR count). The molecule has 4 nitrogen and oxygen atoms in total. The highest BCUT2D eigenvalue weighted by atomic mass is 16.5. The van der Waals surface area contributed by atoms with Gasteiger partial charge < -0.3 is 9.84 Å². The minimum absolute atomic E-state index is 0.0187. The van der Waals surface area contributed by atoms with Crippen LogP contribution in [0.3, 0.4) is 0 Å². The largest absolute Gasteiger partial charge is 0.481 e. The summed E-state index contributed by atoms with van der Waals surface area (Å²) in [7, 11) is 0. The zero-order valence-corrected chi connectivity index (χ0v) is 9.97. The lowest BCUT2D eigenvalue weighted by Crippen LogP contribution is -2.38. The van der Waals surface area contributed by atoms with Crippen molar-refractivity contribution in [2.45, 2.75) is 32.3 Å². The van der Waals surface area contributed by atoms with E-state index in [1.165, 1.54) is 0 Å². The number of ether oxygens (including phenoxy) is 1. The van der Waals surface area contributed by atoms with Gasteiger partial charge in [-0.1, -0.05) is 18.2 Å². The maximum Gasteiger partial charge on any atom is 0.303 e. The molecule has 0 heterocycles. The molecule has 0 aliphatic carbocycles. The van der Waals surface area contributed by atoms with Crippen LogP contribution in [0, 0.1) is 0 Å². The van der Waals surface area contributed by atoms with Gasteiger partial charge in [0.2, 0.25) is 0 Å². The summed E-state index contributed by atoms with van der Waals surface area (Å²) in [6, 6.07) is 8.99. The molecule has 0 aliphatic heterocycles. The molecule has 0 amide bonds. The lowest BCUT2D eigenvalue weighted by atomic mass is 9.99. The molecule has 0 saturated heterocycles. The Balaban J connectivity index is 2.61. The van der Waals surface area contributed by atoms with Crippen LogP contribution in [-0.2, 0) is 9.59 Å². The average Bonchev–Trinajstić information content (AvgIpc) is 2.26. The van der Waals surface area contributed by atoms with Crippen molar-refractivity contribution < 1.29 is 19.4 Å². The number of hydrogen-bond donors (Lipinski definition) is 1. The Morgan fingerprint density at radius 2 is 1.76 bits per heavy atom. The van der Waals surface area contributed by atoms with Gasteiger partial charge in [-0.25, -0.2) is 0 Å².